The quantitative estimate of drug-likeness (QED) is 0.616. The molecule has 3 aromatic rings. The number of esters is 1. The lowest BCUT2D eigenvalue weighted by Gasteiger charge is -2.09. The van der Waals surface area contributed by atoms with E-state index in [-0.39, 0.29) is 27.0 Å². The summed E-state index contributed by atoms with van der Waals surface area (Å²) in [4.78, 5) is 24.5. The van der Waals surface area contributed by atoms with Gasteiger partial charge in [0.1, 0.15) is 5.15 Å². The number of carbonyl (C=O) groups excluding carboxylic acids is 2. The molecule has 144 valence electrons. The van der Waals surface area contributed by atoms with Crippen LogP contribution in [0.2, 0.25) is 10.2 Å². The van der Waals surface area contributed by atoms with Crippen molar-refractivity contribution in [3.05, 3.63) is 81.1 Å². The van der Waals surface area contributed by atoms with Crippen LogP contribution in [0.3, 0.4) is 0 Å². The van der Waals surface area contributed by atoms with Crippen LogP contribution < -0.4 is 5.32 Å². The van der Waals surface area contributed by atoms with E-state index in [9.17, 15) is 9.59 Å². The van der Waals surface area contributed by atoms with E-state index in [0.717, 1.165) is 5.56 Å². The minimum atomic E-state index is -0.531. The van der Waals surface area contributed by atoms with Crippen LogP contribution in [0.25, 0.3) is 0 Å². The summed E-state index contributed by atoms with van der Waals surface area (Å²) in [7, 11) is 1.28. The van der Waals surface area contributed by atoms with Crippen LogP contribution in [0.4, 0.5) is 5.69 Å². The molecule has 1 heterocycles. The predicted octanol–water partition coefficient (Wildman–Crippen LogP) is 4.59. The zero-order valence-corrected chi connectivity index (χ0v) is 16.7. The average molecular weight is 418 g/mol. The second-order valence-electron chi connectivity index (χ2n) is 6.03. The lowest BCUT2D eigenvalue weighted by atomic mass is 10.2. The summed E-state index contributed by atoms with van der Waals surface area (Å²) in [5.74, 6) is -0.997. The molecule has 6 nitrogen and oxygen atoms in total. The average Bonchev–Trinajstić information content (AvgIpc) is 2.96. The number of amides is 1. The van der Waals surface area contributed by atoms with Crippen LogP contribution in [0, 0.1) is 6.92 Å². The molecule has 1 N–H and O–H groups in total. The highest BCUT2D eigenvalue weighted by Gasteiger charge is 2.21. The van der Waals surface area contributed by atoms with Crippen LogP contribution in [-0.4, -0.2) is 28.8 Å². The minimum Gasteiger partial charge on any atom is -0.465 e. The molecule has 0 bridgehead atoms. The Morgan fingerprint density at radius 2 is 1.86 bits per heavy atom. The van der Waals surface area contributed by atoms with E-state index in [0.29, 0.717) is 12.2 Å². The lowest BCUT2D eigenvalue weighted by Crippen LogP contribution is -2.14. The van der Waals surface area contributed by atoms with Crippen molar-refractivity contribution in [2.75, 3.05) is 12.4 Å². The second-order valence-corrected chi connectivity index (χ2v) is 6.80. The third kappa shape index (κ3) is 4.18. The largest absolute Gasteiger partial charge is 0.465 e. The van der Waals surface area contributed by atoms with Crippen molar-refractivity contribution in [1.29, 1.82) is 0 Å². The van der Waals surface area contributed by atoms with E-state index in [2.05, 4.69) is 15.2 Å². The fourth-order valence-electron chi connectivity index (χ4n) is 2.72. The fourth-order valence-corrected chi connectivity index (χ4v) is 3.21. The number of nitrogens with zero attached hydrogens (tertiary/aromatic N) is 2. The maximum absolute atomic E-state index is 12.8. The van der Waals surface area contributed by atoms with Crippen LogP contribution >= 0.6 is 23.2 Å². The molecule has 0 saturated carbocycles. The summed E-state index contributed by atoms with van der Waals surface area (Å²) in [6.45, 7) is 2.14. The number of ether oxygens (including phenoxy) is 1. The summed E-state index contributed by atoms with van der Waals surface area (Å²) < 4.78 is 6.25. The molecule has 0 aliphatic heterocycles. The number of methoxy groups -OCH3 is 1. The van der Waals surface area contributed by atoms with Gasteiger partial charge in [-0.3, -0.25) is 4.79 Å². The molecule has 28 heavy (non-hydrogen) atoms. The van der Waals surface area contributed by atoms with Crippen LogP contribution in [0.15, 0.2) is 48.5 Å². The van der Waals surface area contributed by atoms with Gasteiger partial charge in [0.2, 0.25) is 0 Å². The van der Waals surface area contributed by atoms with Gasteiger partial charge in [0.05, 0.1) is 41.2 Å². The fraction of sp³-hybridized carbons (Fsp3) is 0.150. The molecule has 0 atom stereocenters. The maximum atomic E-state index is 12.8. The van der Waals surface area contributed by atoms with Gasteiger partial charge in [-0.25, -0.2) is 9.48 Å². The van der Waals surface area contributed by atoms with Gasteiger partial charge in [0, 0.05) is 0 Å². The SMILES string of the molecule is COC(=O)c1ccc(Cl)c(NC(=O)c2c(C)nn(Cc3ccccc3)c2Cl)c1. The third-order valence-corrected chi connectivity index (χ3v) is 4.82. The van der Waals surface area contributed by atoms with Gasteiger partial charge in [0.25, 0.3) is 5.91 Å². The molecule has 3 rings (SSSR count). The number of halogens is 2. The topological polar surface area (TPSA) is 73.2 Å². The number of hydrogen-bond donors (Lipinski definition) is 1. The van der Waals surface area contributed by atoms with E-state index < -0.39 is 11.9 Å². The highest BCUT2D eigenvalue weighted by atomic mass is 35.5. The Morgan fingerprint density at radius 3 is 2.54 bits per heavy atom. The predicted molar refractivity (Wildman–Crippen MR) is 108 cm³/mol. The molecule has 0 radical (unpaired) electrons. The summed E-state index contributed by atoms with van der Waals surface area (Å²) in [6, 6.07) is 14.1. The van der Waals surface area contributed by atoms with Crippen molar-refractivity contribution in [3.63, 3.8) is 0 Å². The summed E-state index contributed by atoms with van der Waals surface area (Å²) in [5.41, 5.74) is 2.29. The standard InChI is InChI=1S/C20H17Cl2N3O3/c1-12-17(18(22)25(24-12)11-13-6-4-3-5-7-13)19(26)23-16-10-14(20(27)28-2)8-9-15(16)21/h3-10H,11H2,1-2H3,(H,23,26). The number of aryl methyl sites for hydroxylation is 1. The Bertz CT molecular complexity index is 1030. The molecule has 0 saturated heterocycles. The summed E-state index contributed by atoms with van der Waals surface area (Å²) in [5, 5.41) is 7.56. The first kappa shape index (κ1) is 19.9. The number of aromatic nitrogens is 2. The third-order valence-electron chi connectivity index (χ3n) is 4.10. The Balaban J connectivity index is 1.86. The van der Waals surface area contributed by atoms with Crippen molar-refractivity contribution in [1.82, 2.24) is 9.78 Å². The minimum absolute atomic E-state index is 0.221. The highest BCUT2D eigenvalue weighted by molar-refractivity contribution is 6.35. The molecule has 1 amide bonds. The zero-order chi connectivity index (χ0) is 20.3. The normalized spacial score (nSPS) is 10.6. The van der Waals surface area contributed by atoms with Crippen molar-refractivity contribution in [3.8, 4) is 0 Å². The van der Waals surface area contributed by atoms with Gasteiger partial charge in [-0.1, -0.05) is 53.5 Å². The first-order valence-electron chi connectivity index (χ1n) is 8.36. The van der Waals surface area contributed by atoms with E-state index >= 15 is 0 Å². The smallest absolute Gasteiger partial charge is 0.337 e. The van der Waals surface area contributed by atoms with Crippen LogP contribution in [-0.2, 0) is 11.3 Å². The maximum Gasteiger partial charge on any atom is 0.337 e. The van der Waals surface area contributed by atoms with Gasteiger partial charge < -0.3 is 10.1 Å². The van der Waals surface area contributed by atoms with Gasteiger partial charge in [-0.2, -0.15) is 5.10 Å². The number of nitrogens with one attached hydrogen (secondary N) is 1. The Hall–Kier alpha value is -2.83. The van der Waals surface area contributed by atoms with Crippen molar-refractivity contribution in [2.45, 2.75) is 13.5 Å². The van der Waals surface area contributed by atoms with E-state index in [1.165, 1.54) is 25.3 Å². The number of rotatable bonds is 5. The Labute approximate surface area is 172 Å². The first-order chi connectivity index (χ1) is 13.4. The zero-order valence-electron chi connectivity index (χ0n) is 15.2. The molecular formula is C20H17Cl2N3O3. The molecule has 0 aliphatic carbocycles. The molecular weight excluding hydrogens is 401 g/mol. The number of benzene rings is 2. The summed E-state index contributed by atoms with van der Waals surface area (Å²) in [6.07, 6.45) is 0. The van der Waals surface area contributed by atoms with Gasteiger partial charge in [0.15, 0.2) is 0 Å². The summed E-state index contributed by atoms with van der Waals surface area (Å²) >= 11 is 12.6. The molecule has 1 aromatic heterocycles. The van der Waals surface area contributed by atoms with Gasteiger partial charge in [-0.05, 0) is 30.7 Å². The van der Waals surface area contributed by atoms with Crippen LogP contribution in [0.5, 0.6) is 0 Å². The Kier molecular flexibility index (Phi) is 6.02. The first-order valence-corrected chi connectivity index (χ1v) is 9.12. The van der Waals surface area contributed by atoms with Gasteiger partial charge >= 0.3 is 5.97 Å². The lowest BCUT2D eigenvalue weighted by molar-refractivity contribution is 0.0600. The molecule has 0 spiro atoms. The van der Waals surface area contributed by atoms with E-state index in [1.54, 1.807) is 11.6 Å². The van der Waals surface area contributed by atoms with Crippen LogP contribution in [0.1, 0.15) is 32.0 Å². The van der Waals surface area contributed by atoms with Crippen molar-refractivity contribution >= 4 is 40.8 Å². The molecule has 0 aliphatic rings. The van der Waals surface area contributed by atoms with E-state index in [4.69, 9.17) is 23.2 Å². The number of hydrogen-bond acceptors (Lipinski definition) is 4. The monoisotopic (exact) mass is 417 g/mol. The van der Waals surface area contributed by atoms with Gasteiger partial charge in [-0.15, -0.1) is 0 Å². The number of carbonyl (C=O) groups is 2. The molecule has 8 heteroatoms. The molecule has 0 unspecified atom stereocenters. The highest BCUT2D eigenvalue weighted by Crippen LogP contribution is 2.27. The molecule has 0 fully saturated rings. The second kappa shape index (κ2) is 8.46. The van der Waals surface area contributed by atoms with Crippen molar-refractivity contribution in [2.24, 2.45) is 0 Å². The Morgan fingerprint density at radius 1 is 1.14 bits per heavy atom. The van der Waals surface area contributed by atoms with E-state index in [1.807, 2.05) is 30.3 Å². The number of anilines is 1. The molecule has 2 aromatic carbocycles. The van der Waals surface area contributed by atoms with Crippen molar-refractivity contribution < 1.29 is 14.3 Å².